The Morgan fingerprint density at radius 1 is 1.45 bits per heavy atom. The molecule has 2 N–H and O–H groups in total. The third-order valence-corrected chi connectivity index (χ3v) is 3.96. The Morgan fingerprint density at radius 2 is 2.10 bits per heavy atom. The fourth-order valence-electron chi connectivity index (χ4n) is 2.52. The molecule has 1 atom stereocenters. The second-order valence-corrected chi connectivity index (χ2v) is 6.21. The molecular formula is C15H26ClN3O. The standard InChI is InChI=1S/C15H26ClN3O/c1-5-13-15(16)14(19(4)18-13)8-12(20)7-11(9-17)6-10(2)3/h10-11H,5-9,17H2,1-4H3. The number of aromatic nitrogens is 2. The van der Waals surface area contributed by atoms with E-state index in [1.165, 1.54) is 0 Å². The normalized spacial score (nSPS) is 12.9. The van der Waals surface area contributed by atoms with E-state index in [2.05, 4.69) is 18.9 Å². The first-order valence-corrected chi connectivity index (χ1v) is 7.68. The molecule has 5 heteroatoms. The summed E-state index contributed by atoms with van der Waals surface area (Å²) in [6.07, 6.45) is 2.63. The predicted molar refractivity (Wildman–Crippen MR) is 82.9 cm³/mol. The lowest BCUT2D eigenvalue weighted by atomic mass is 9.91. The summed E-state index contributed by atoms with van der Waals surface area (Å²) < 4.78 is 1.72. The van der Waals surface area contributed by atoms with E-state index in [4.69, 9.17) is 17.3 Å². The molecular weight excluding hydrogens is 274 g/mol. The van der Waals surface area contributed by atoms with Crippen LogP contribution in [0.25, 0.3) is 0 Å². The van der Waals surface area contributed by atoms with Gasteiger partial charge in [0.05, 0.1) is 16.4 Å². The van der Waals surface area contributed by atoms with Gasteiger partial charge in [-0.1, -0.05) is 32.4 Å². The monoisotopic (exact) mass is 299 g/mol. The smallest absolute Gasteiger partial charge is 0.139 e. The van der Waals surface area contributed by atoms with Crippen molar-refractivity contribution in [2.24, 2.45) is 24.6 Å². The van der Waals surface area contributed by atoms with Crippen molar-refractivity contribution in [3.05, 3.63) is 16.4 Å². The molecule has 0 saturated carbocycles. The van der Waals surface area contributed by atoms with Crippen LogP contribution in [0.1, 0.15) is 45.0 Å². The number of nitrogens with zero attached hydrogens (tertiary/aromatic N) is 2. The maximum atomic E-state index is 12.2. The quantitative estimate of drug-likeness (QED) is 0.803. The van der Waals surface area contributed by atoms with Crippen LogP contribution in [0, 0.1) is 11.8 Å². The number of aryl methyl sites for hydroxylation is 2. The van der Waals surface area contributed by atoms with E-state index in [-0.39, 0.29) is 11.7 Å². The molecule has 1 rings (SSSR count). The van der Waals surface area contributed by atoms with Crippen LogP contribution in [0.4, 0.5) is 0 Å². The van der Waals surface area contributed by atoms with Crippen LogP contribution in [0.15, 0.2) is 0 Å². The Morgan fingerprint density at radius 3 is 2.55 bits per heavy atom. The van der Waals surface area contributed by atoms with Gasteiger partial charge in [0.15, 0.2) is 0 Å². The SMILES string of the molecule is CCc1nn(C)c(CC(=O)CC(CN)CC(C)C)c1Cl. The molecule has 4 nitrogen and oxygen atoms in total. The van der Waals surface area contributed by atoms with Crippen LogP contribution in [0.3, 0.4) is 0 Å². The van der Waals surface area contributed by atoms with Crippen molar-refractivity contribution in [2.45, 2.75) is 46.5 Å². The van der Waals surface area contributed by atoms with E-state index in [9.17, 15) is 4.79 Å². The van der Waals surface area contributed by atoms with Crippen molar-refractivity contribution >= 4 is 17.4 Å². The Balaban J connectivity index is 2.68. The molecule has 1 aromatic heterocycles. The first kappa shape index (κ1) is 17.2. The number of rotatable bonds is 8. The first-order chi connectivity index (χ1) is 9.38. The molecule has 0 bridgehead atoms. The first-order valence-electron chi connectivity index (χ1n) is 7.30. The molecule has 1 heterocycles. The van der Waals surface area contributed by atoms with E-state index in [0.29, 0.717) is 30.3 Å². The zero-order chi connectivity index (χ0) is 15.3. The van der Waals surface area contributed by atoms with Crippen molar-refractivity contribution in [3.63, 3.8) is 0 Å². The topological polar surface area (TPSA) is 60.9 Å². The van der Waals surface area contributed by atoms with Crippen molar-refractivity contribution in [1.82, 2.24) is 9.78 Å². The molecule has 0 aliphatic rings. The number of hydrogen-bond acceptors (Lipinski definition) is 3. The fourth-order valence-corrected chi connectivity index (χ4v) is 2.88. The van der Waals surface area contributed by atoms with E-state index in [0.717, 1.165) is 24.2 Å². The third kappa shape index (κ3) is 4.60. The zero-order valence-corrected chi connectivity index (χ0v) is 13.7. The Kier molecular flexibility index (Phi) is 6.69. The molecule has 0 aliphatic carbocycles. The van der Waals surface area contributed by atoms with Gasteiger partial charge in [-0.15, -0.1) is 0 Å². The van der Waals surface area contributed by atoms with Gasteiger partial charge < -0.3 is 5.73 Å². The zero-order valence-electron chi connectivity index (χ0n) is 12.9. The van der Waals surface area contributed by atoms with Crippen LogP contribution in [0.5, 0.6) is 0 Å². The van der Waals surface area contributed by atoms with E-state index < -0.39 is 0 Å². The molecule has 0 aromatic carbocycles. The number of carbonyl (C=O) groups is 1. The summed E-state index contributed by atoms with van der Waals surface area (Å²) in [5.41, 5.74) is 7.42. The summed E-state index contributed by atoms with van der Waals surface area (Å²) in [5.74, 6) is 1.01. The molecule has 20 heavy (non-hydrogen) atoms. The van der Waals surface area contributed by atoms with E-state index in [1.54, 1.807) is 4.68 Å². The average molecular weight is 300 g/mol. The second kappa shape index (κ2) is 7.79. The minimum atomic E-state index is 0.189. The fraction of sp³-hybridized carbons (Fsp3) is 0.733. The Bertz CT molecular complexity index is 454. The molecule has 0 saturated heterocycles. The van der Waals surface area contributed by atoms with Crippen molar-refractivity contribution in [3.8, 4) is 0 Å². The number of ketones is 1. The van der Waals surface area contributed by atoms with Crippen LogP contribution in [0.2, 0.25) is 5.02 Å². The number of nitrogens with two attached hydrogens (primary N) is 1. The maximum absolute atomic E-state index is 12.2. The van der Waals surface area contributed by atoms with Gasteiger partial charge in [-0.25, -0.2) is 0 Å². The highest BCUT2D eigenvalue weighted by Gasteiger charge is 2.19. The minimum Gasteiger partial charge on any atom is -0.330 e. The van der Waals surface area contributed by atoms with Crippen LogP contribution < -0.4 is 5.73 Å². The number of carbonyl (C=O) groups excluding carboxylic acids is 1. The van der Waals surface area contributed by atoms with Gasteiger partial charge >= 0.3 is 0 Å². The number of hydrogen-bond donors (Lipinski definition) is 1. The summed E-state index contributed by atoms with van der Waals surface area (Å²) in [7, 11) is 1.84. The Labute approximate surface area is 126 Å². The highest BCUT2D eigenvalue weighted by atomic mass is 35.5. The number of Topliss-reactive ketones (excluding diaryl/α,β-unsaturated/α-hetero) is 1. The Hall–Kier alpha value is -0.870. The van der Waals surface area contributed by atoms with Gasteiger partial charge in [-0.05, 0) is 31.2 Å². The van der Waals surface area contributed by atoms with Gasteiger partial charge in [0, 0.05) is 19.9 Å². The highest BCUT2D eigenvalue weighted by molar-refractivity contribution is 6.32. The van der Waals surface area contributed by atoms with Gasteiger partial charge in [-0.2, -0.15) is 5.10 Å². The summed E-state index contributed by atoms with van der Waals surface area (Å²) >= 11 is 6.27. The third-order valence-electron chi connectivity index (χ3n) is 3.52. The molecule has 0 fully saturated rings. The van der Waals surface area contributed by atoms with Crippen molar-refractivity contribution in [2.75, 3.05) is 6.54 Å². The average Bonchev–Trinajstić information content (AvgIpc) is 2.64. The summed E-state index contributed by atoms with van der Waals surface area (Å²) in [4.78, 5) is 12.2. The lowest BCUT2D eigenvalue weighted by Crippen LogP contribution is -2.21. The van der Waals surface area contributed by atoms with Crippen molar-refractivity contribution in [1.29, 1.82) is 0 Å². The molecule has 0 radical (unpaired) electrons. The largest absolute Gasteiger partial charge is 0.330 e. The molecule has 0 amide bonds. The molecule has 0 aliphatic heterocycles. The lowest BCUT2D eigenvalue weighted by molar-refractivity contribution is -0.119. The predicted octanol–water partition coefficient (Wildman–Crippen LogP) is 2.76. The molecule has 1 aromatic rings. The van der Waals surface area contributed by atoms with E-state index in [1.807, 2.05) is 14.0 Å². The maximum Gasteiger partial charge on any atom is 0.139 e. The minimum absolute atomic E-state index is 0.189. The van der Waals surface area contributed by atoms with Crippen LogP contribution in [-0.2, 0) is 24.7 Å². The molecule has 1 unspecified atom stereocenters. The van der Waals surface area contributed by atoms with Gasteiger partial charge in [0.2, 0.25) is 0 Å². The van der Waals surface area contributed by atoms with E-state index >= 15 is 0 Å². The molecule has 114 valence electrons. The van der Waals surface area contributed by atoms with Crippen LogP contribution >= 0.6 is 11.6 Å². The lowest BCUT2D eigenvalue weighted by Gasteiger charge is -2.16. The van der Waals surface area contributed by atoms with Crippen LogP contribution in [-0.4, -0.2) is 22.1 Å². The van der Waals surface area contributed by atoms with Crippen molar-refractivity contribution < 1.29 is 4.79 Å². The summed E-state index contributed by atoms with van der Waals surface area (Å²) in [6.45, 7) is 6.87. The summed E-state index contributed by atoms with van der Waals surface area (Å²) in [6, 6.07) is 0. The summed E-state index contributed by atoms with van der Waals surface area (Å²) in [5, 5.41) is 4.97. The van der Waals surface area contributed by atoms with Gasteiger partial charge in [0.1, 0.15) is 5.78 Å². The van der Waals surface area contributed by atoms with Gasteiger partial charge in [-0.3, -0.25) is 9.48 Å². The number of halogens is 1. The van der Waals surface area contributed by atoms with Gasteiger partial charge in [0.25, 0.3) is 0 Å². The molecule has 0 spiro atoms. The highest BCUT2D eigenvalue weighted by Crippen LogP contribution is 2.23. The second-order valence-electron chi connectivity index (χ2n) is 5.84.